The van der Waals surface area contributed by atoms with E-state index in [0.29, 0.717) is 0 Å². The normalized spacial score (nSPS) is 13.5. The average Bonchev–Trinajstić information content (AvgIpc) is 3.14. The van der Waals surface area contributed by atoms with Crippen LogP contribution in [0.2, 0.25) is 5.02 Å². The van der Waals surface area contributed by atoms with Crippen LogP contribution in [0, 0.1) is 5.82 Å². The molecule has 0 saturated carbocycles. The highest BCUT2D eigenvalue weighted by Crippen LogP contribution is 2.35. The van der Waals surface area contributed by atoms with Crippen molar-refractivity contribution in [3.63, 3.8) is 0 Å². The monoisotopic (exact) mass is 388 g/mol. The summed E-state index contributed by atoms with van der Waals surface area (Å²) in [6.45, 7) is 3.17. The first-order valence-corrected chi connectivity index (χ1v) is 9.97. The van der Waals surface area contributed by atoms with Gasteiger partial charge in [0.25, 0.3) is 0 Å². The van der Waals surface area contributed by atoms with Gasteiger partial charge in [0.15, 0.2) is 0 Å². The van der Waals surface area contributed by atoms with Gasteiger partial charge in [0.1, 0.15) is 5.82 Å². The van der Waals surface area contributed by atoms with Gasteiger partial charge in [0, 0.05) is 34.5 Å². The molecule has 1 atom stereocenters. The number of aryl methyl sites for hydroxylation is 1. The maximum Gasteiger partial charge on any atom is 0.123 e. The highest BCUT2D eigenvalue weighted by molar-refractivity contribution is 7.99. The molecule has 136 valence electrons. The summed E-state index contributed by atoms with van der Waals surface area (Å²) in [4.78, 5) is 4.16. The number of halogens is 2. The molecule has 0 radical (unpaired) electrons. The summed E-state index contributed by atoms with van der Waals surface area (Å²) in [5.74, 6) is 0.734. The van der Waals surface area contributed by atoms with Gasteiger partial charge >= 0.3 is 0 Å². The minimum Gasteiger partial charge on any atom is -0.336 e. The summed E-state index contributed by atoms with van der Waals surface area (Å²) in [6, 6.07) is 14.8. The third-order valence-electron chi connectivity index (χ3n) is 4.43. The van der Waals surface area contributed by atoms with Crippen molar-refractivity contribution in [3.05, 3.63) is 89.2 Å². The first-order valence-electron chi connectivity index (χ1n) is 8.61. The molecule has 0 aliphatic heterocycles. The van der Waals surface area contributed by atoms with E-state index >= 15 is 0 Å². The molecule has 2 aromatic carbocycles. The van der Waals surface area contributed by atoms with Crippen molar-refractivity contribution in [1.29, 1.82) is 0 Å². The van der Waals surface area contributed by atoms with Gasteiger partial charge in [-0.1, -0.05) is 35.9 Å². The third kappa shape index (κ3) is 5.61. The van der Waals surface area contributed by atoms with E-state index in [9.17, 15) is 4.39 Å². The van der Waals surface area contributed by atoms with Crippen LogP contribution < -0.4 is 0 Å². The lowest BCUT2D eigenvalue weighted by atomic mass is 10.00. The topological polar surface area (TPSA) is 17.8 Å². The minimum atomic E-state index is -0.188. The van der Waals surface area contributed by atoms with E-state index in [-0.39, 0.29) is 10.6 Å². The maximum atomic E-state index is 13.1. The van der Waals surface area contributed by atoms with Gasteiger partial charge in [0.05, 0.1) is 6.33 Å². The lowest BCUT2D eigenvalue weighted by molar-refractivity contribution is 0.495. The molecule has 26 heavy (non-hydrogen) atoms. The Balaban J connectivity index is 1.68. The second kappa shape index (κ2) is 8.74. The molecule has 3 rings (SSSR count). The molecular weight excluding hydrogens is 367 g/mol. The lowest BCUT2D eigenvalue weighted by Crippen LogP contribution is -2.27. The summed E-state index contributed by atoms with van der Waals surface area (Å²) >= 11 is 7.92. The molecule has 0 spiro atoms. The first-order chi connectivity index (χ1) is 12.5. The number of benzene rings is 2. The molecule has 0 saturated heterocycles. The van der Waals surface area contributed by atoms with Crippen molar-refractivity contribution in [1.82, 2.24) is 9.55 Å². The highest BCUT2D eigenvalue weighted by Gasteiger charge is 2.25. The summed E-state index contributed by atoms with van der Waals surface area (Å²) in [7, 11) is 0. The Hall–Kier alpha value is -1.78. The third-order valence-corrected chi connectivity index (χ3v) is 6.19. The first kappa shape index (κ1) is 19.0. The Morgan fingerprint density at radius 3 is 2.42 bits per heavy atom. The smallest absolute Gasteiger partial charge is 0.123 e. The fourth-order valence-corrected chi connectivity index (χ4v) is 4.18. The van der Waals surface area contributed by atoms with Crippen LogP contribution >= 0.6 is 23.4 Å². The van der Waals surface area contributed by atoms with E-state index in [1.165, 1.54) is 17.7 Å². The molecule has 5 heteroatoms. The Morgan fingerprint density at radius 1 is 1.08 bits per heavy atom. The number of rotatable bonds is 8. The second-order valence-corrected chi connectivity index (χ2v) is 8.73. The molecule has 1 unspecified atom stereocenters. The van der Waals surface area contributed by atoms with Crippen molar-refractivity contribution < 1.29 is 4.39 Å². The SMILES string of the molecule is CC(CCc1ccc(F)cc1)(Cn1ccnc1)SCc1ccc(Cl)cc1. The molecule has 0 bridgehead atoms. The molecule has 0 aliphatic rings. The standard InChI is InChI=1S/C21H22ClFN2S/c1-21(15-25-13-12-24-16-25,11-10-17-4-8-20(23)9-5-17)26-14-18-2-6-19(22)7-3-18/h2-9,12-13,16H,10-11,14-15H2,1H3. The van der Waals surface area contributed by atoms with Crippen LogP contribution in [-0.2, 0) is 18.7 Å². The zero-order valence-corrected chi connectivity index (χ0v) is 16.3. The number of hydrogen-bond donors (Lipinski definition) is 0. The molecule has 0 N–H and O–H groups in total. The van der Waals surface area contributed by atoms with E-state index in [4.69, 9.17) is 11.6 Å². The van der Waals surface area contributed by atoms with Crippen molar-refractivity contribution in [2.24, 2.45) is 0 Å². The van der Waals surface area contributed by atoms with Crippen molar-refractivity contribution in [3.8, 4) is 0 Å². The fraction of sp³-hybridized carbons (Fsp3) is 0.286. The molecule has 1 aromatic heterocycles. The maximum absolute atomic E-state index is 13.1. The number of imidazole rings is 1. The molecule has 0 aliphatic carbocycles. The van der Waals surface area contributed by atoms with Gasteiger partial charge < -0.3 is 4.57 Å². The van der Waals surface area contributed by atoms with Gasteiger partial charge in [-0.05, 0) is 55.2 Å². The Kier molecular flexibility index (Phi) is 6.38. The van der Waals surface area contributed by atoms with E-state index < -0.39 is 0 Å². The molecule has 0 amide bonds. The molecule has 2 nitrogen and oxygen atoms in total. The predicted molar refractivity (Wildman–Crippen MR) is 108 cm³/mol. The number of thioether (sulfide) groups is 1. The van der Waals surface area contributed by atoms with Crippen LogP contribution in [0.5, 0.6) is 0 Å². The number of hydrogen-bond acceptors (Lipinski definition) is 2. The summed E-state index contributed by atoms with van der Waals surface area (Å²) < 4.78 is 15.3. The fourth-order valence-electron chi connectivity index (χ4n) is 2.86. The minimum absolute atomic E-state index is 0.0364. The van der Waals surface area contributed by atoms with E-state index in [1.807, 2.05) is 54.7 Å². The Bertz CT molecular complexity index is 752. The van der Waals surface area contributed by atoms with Crippen molar-refractivity contribution in [2.45, 2.75) is 36.8 Å². The number of nitrogens with zero attached hydrogens (tertiary/aromatic N) is 2. The van der Waals surface area contributed by atoms with Gasteiger partial charge in [-0.25, -0.2) is 9.37 Å². The van der Waals surface area contributed by atoms with E-state index in [2.05, 4.69) is 28.6 Å². The Morgan fingerprint density at radius 2 is 1.77 bits per heavy atom. The lowest BCUT2D eigenvalue weighted by Gasteiger charge is -2.30. The van der Waals surface area contributed by atoms with Crippen molar-refractivity contribution in [2.75, 3.05) is 0 Å². The van der Waals surface area contributed by atoms with Gasteiger partial charge in [-0.3, -0.25) is 0 Å². The highest BCUT2D eigenvalue weighted by atomic mass is 35.5. The summed E-state index contributed by atoms with van der Waals surface area (Å²) in [5.41, 5.74) is 2.42. The molecule has 3 aromatic rings. The van der Waals surface area contributed by atoms with Crippen LogP contribution in [0.25, 0.3) is 0 Å². The molecule has 0 fully saturated rings. The quantitative estimate of drug-likeness (QED) is 0.471. The summed E-state index contributed by atoms with van der Waals surface area (Å²) in [5, 5.41) is 0.760. The van der Waals surface area contributed by atoms with Gasteiger partial charge in [-0.15, -0.1) is 11.8 Å². The van der Waals surface area contributed by atoms with E-state index in [1.54, 1.807) is 0 Å². The van der Waals surface area contributed by atoms with Gasteiger partial charge in [-0.2, -0.15) is 0 Å². The zero-order valence-electron chi connectivity index (χ0n) is 14.7. The van der Waals surface area contributed by atoms with Crippen LogP contribution in [-0.4, -0.2) is 14.3 Å². The average molecular weight is 389 g/mol. The van der Waals surface area contributed by atoms with Crippen LogP contribution in [0.4, 0.5) is 4.39 Å². The van der Waals surface area contributed by atoms with E-state index in [0.717, 1.165) is 35.7 Å². The largest absolute Gasteiger partial charge is 0.336 e. The zero-order chi connectivity index (χ0) is 18.4. The molecular formula is C21H22ClFN2S. The van der Waals surface area contributed by atoms with Crippen LogP contribution in [0.1, 0.15) is 24.5 Å². The second-order valence-electron chi connectivity index (χ2n) is 6.73. The van der Waals surface area contributed by atoms with Crippen molar-refractivity contribution >= 4 is 23.4 Å². The molecule has 1 heterocycles. The number of aromatic nitrogens is 2. The summed E-state index contributed by atoms with van der Waals surface area (Å²) in [6.07, 6.45) is 7.58. The van der Waals surface area contributed by atoms with Gasteiger partial charge in [0.2, 0.25) is 0 Å². The van der Waals surface area contributed by atoms with Crippen LogP contribution in [0.15, 0.2) is 67.3 Å². The van der Waals surface area contributed by atoms with Crippen LogP contribution in [0.3, 0.4) is 0 Å². The predicted octanol–water partition coefficient (Wildman–Crippen LogP) is 6.00. The Labute approximate surface area is 163 Å².